The van der Waals surface area contributed by atoms with E-state index >= 15 is 0 Å². The Morgan fingerprint density at radius 2 is 2.08 bits per heavy atom. The van der Waals surface area contributed by atoms with Crippen LogP contribution in [0.5, 0.6) is 0 Å². The van der Waals surface area contributed by atoms with Gasteiger partial charge in [-0.15, -0.1) is 0 Å². The smallest absolute Gasteiger partial charge is 0.230 e. The van der Waals surface area contributed by atoms with Gasteiger partial charge in [-0.2, -0.15) is 0 Å². The molecule has 0 N–H and O–H groups in total. The van der Waals surface area contributed by atoms with Gasteiger partial charge in [0, 0.05) is 5.54 Å². The third-order valence-corrected chi connectivity index (χ3v) is 2.79. The van der Waals surface area contributed by atoms with Gasteiger partial charge in [0.25, 0.3) is 0 Å². The van der Waals surface area contributed by atoms with Crippen LogP contribution in [0.2, 0.25) is 0 Å². The van der Waals surface area contributed by atoms with Gasteiger partial charge in [-0.25, -0.2) is 6.57 Å². The molecule has 0 saturated carbocycles. The standard InChI is InChI=1S/C11H20N2/c1-11(2,3)13-8-6-5-7-10(13)9-12-4/h10H,5-9H2,1-3H3. The molecule has 1 fully saturated rings. The van der Waals surface area contributed by atoms with E-state index in [2.05, 4.69) is 30.5 Å². The Morgan fingerprint density at radius 1 is 1.38 bits per heavy atom. The first-order chi connectivity index (χ1) is 6.05. The van der Waals surface area contributed by atoms with Crippen LogP contribution in [-0.4, -0.2) is 29.6 Å². The lowest BCUT2D eigenvalue weighted by molar-refractivity contribution is 0.0595. The molecule has 0 spiro atoms. The zero-order valence-corrected chi connectivity index (χ0v) is 9.01. The van der Waals surface area contributed by atoms with E-state index in [1.165, 1.54) is 25.8 Å². The molecule has 0 aromatic heterocycles. The van der Waals surface area contributed by atoms with E-state index in [9.17, 15) is 0 Å². The van der Waals surface area contributed by atoms with E-state index < -0.39 is 0 Å². The van der Waals surface area contributed by atoms with Gasteiger partial charge in [0.05, 0.1) is 6.04 Å². The van der Waals surface area contributed by atoms with Crippen LogP contribution >= 0.6 is 0 Å². The Hall–Kier alpha value is -0.550. The number of piperidine rings is 1. The third kappa shape index (κ3) is 2.70. The summed E-state index contributed by atoms with van der Waals surface area (Å²) in [4.78, 5) is 6.03. The molecule has 2 heteroatoms. The van der Waals surface area contributed by atoms with E-state index in [1.807, 2.05) is 0 Å². The number of rotatable bonds is 1. The van der Waals surface area contributed by atoms with E-state index in [1.54, 1.807) is 0 Å². The molecule has 1 unspecified atom stereocenters. The summed E-state index contributed by atoms with van der Waals surface area (Å²) in [5.74, 6) is 0. The molecule has 1 aliphatic rings. The predicted octanol–water partition coefficient (Wildman–Crippen LogP) is 2.56. The molecule has 0 bridgehead atoms. The van der Waals surface area contributed by atoms with Crippen LogP contribution in [0.1, 0.15) is 40.0 Å². The second-order valence-electron chi connectivity index (χ2n) is 4.85. The van der Waals surface area contributed by atoms with Crippen LogP contribution in [0, 0.1) is 6.57 Å². The number of likely N-dealkylation sites (tertiary alicyclic amines) is 1. The van der Waals surface area contributed by atoms with Crippen molar-refractivity contribution in [3.05, 3.63) is 11.4 Å². The van der Waals surface area contributed by atoms with E-state index in [0.29, 0.717) is 12.6 Å². The summed E-state index contributed by atoms with van der Waals surface area (Å²) in [7, 11) is 0. The molecule has 1 saturated heterocycles. The molecular weight excluding hydrogens is 160 g/mol. The van der Waals surface area contributed by atoms with Crippen LogP contribution in [0.3, 0.4) is 0 Å². The fraction of sp³-hybridized carbons (Fsp3) is 0.909. The lowest BCUT2D eigenvalue weighted by atomic mass is 9.95. The first-order valence-corrected chi connectivity index (χ1v) is 5.15. The van der Waals surface area contributed by atoms with Gasteiger partial charge in [-0.3, -0.25) is 4.90 Å². The van der Waals surface area contributed by atoms with Crippen molar-refractivity contribution in [1.82, 2.24) is 4.90 Å². The zero-order valence-electron chi connectivity index (χ0n) is 9.01. The molecule has 2 nitrogen and oxygen atoms in total. The van der Waals surface area contributed by atoms with Crippen LogP contribution in [0.15, 0.2) is 0 Å². The number of hydrogen-bond donors (Lipinski definition) is 0. The lowest BCUT2D eigenvalue weighted by Crippen LogP contribution is -2.51. The average Bonchev–Trinajstić information content (AvgIpc) is 2.04. The van der Waals surface area contributed by atoms with Gasteiger partial charge < -0.3 is 4.85 Å². The molecule has 0 radical (unpaired) electrons. The second-order valence-corrected chi connectivity index (χ2v) is 4.85. The Bertz CT molecular complexity index is 197. The van der Waals surface area contributed by atoms with E-state index in [4.69, 9.17) is 6.57 Å². The minimum Gasteiger partial charge on any atom is -0.315 e. The van der Waals surface area contributed by atoms with Crippen LogP contribution < -0.4 is 0 Å². The summed E-state index contributed by atoms with van der Waals surface area (Å²) in [6.07, 6.45) is 3.80. The Morgan fingerprint density at radius 3 is 2.62 bits per heavy atom. The Labute approximate surface area is 81.7 Å². The van der Waals surface area contributed by atoms with Crippen molar-refractivity contribution in [2.75, 3.05) is 13.1 Å². The van der Waals surface area contributed by atoms with Crippen molar-refractivity contribution < 1.29 is 0 Å². The first kappa shape index (κ1) is 10.5. The second kappa shape index (κ2) is 4.11. The maximum atomic E-state index is 6.93. The highest BCUT2D eigenvalue weighted by Gasteiger charge is 2.32. The highest BCUT2D eigenvalue weighted by atomic mass is 15.2. The quantitative estimate of drug-likeness (QED) is 0.563. The van der Waals surface area contributed by atoms with Crippen molar-refractivity contribution in [1.29, 1.82) is 0 Å². The average molecular weight is 180 g/mol. The van der Waals surface area contributed by atoms with E-state index in [0.717, 1.165) is 0 Å². The fourth-order valence-corrected chi connectivity index (χ4v) is 2.18. The Kier molecular flexibility index (Phi) is 3.33. The van der Waals surface area contributed by atoms with Crippen molar-refractivity contribution in [3.63, 3.8) is 0 Å². The summed E-state index contributed by atoms with van der Waals surface area (Å²) in [6, 6.07) is 0.506. The summed E-state index contributed by atoms with van der Waals surface area (Å²) in [6.45, 7) is 15.5. The molecule has 1 aliphatic heterocycles. The van der Waals surface area contributed by atoms with Gasteiger partial charge in [0.2, 0.25) is 6.54 Å². The first-order valence-electron chi connectivity index (χ1n) is 5.15. The molecule has 1 heterocycles. The summed E-state index contributed by atoms with van der Waals surface area (Å²) in [5.41, 5.74) is 0.232. The molecule has 0 aromatic rings. The van der Waals surface area contributed by atoms with Crippen molar-refractivity contribution >= 4 is 0 Å². The zero-order chi connectivity index (χ0) is 9.90. The van der Waals surface area contributed by atoms with Crippen molar-refractivity contribution in [3.8, 4) is 0 Å². The van der Waals surface area contributed by atoms with Gasteiger partial charge in [-0.1, -0.05) is 6.42 Å². The highest BCUT2D eigenvalue weighted by Crippen LogP contribution is 2.25. The van der Waals surface area contributed by atoms with Gasteiger partial charge in [-0.05, 0) is 40.2 Å². The minimum absolute atomic E-state index is 0.232. The highest BCUT2D eigenvalue weighted by molar-refractivity contribution is 4.89. The van der Waals surface area contributed by atoms with Crippen LogP contribution in [0.4, 0.5) is 0 Å². The summed E-state index contributed by atoms with van der Waals surface area (Å²) in [5, 5.41) is 0. The fourth-order valence-electron chi connectivity index (χ4n) is 2.18. The van der Waals surface area contributed by atoms with Crippen molar-refractivity contribution in [2.45, 2.75) is 51.6 Å². The lowest BCUT2D eigenvalue weighted by Gasteiger charge is -2.42. The van der Waals surface area contributed by atoms with Crippen LogP contribution in [-0.2, 0) is 0 Å². The molecule has 1 atom stereocenters. The van der Waals surface area contributed by atoms with Gasteiger partial charge in [0.15, 0.2) is 0 Å². The largest absolute Gasteiger partial charge is 0.315 e. The summed E-state index contributed by atoms with van der Waals surface area (Å²) < 4.78 is 0. The van der Waals surface area contributed by atoms with Crippen molar-refractivity contribution in [2.24, 2.45) is 0 Å². The van der Waals surface area contributed by atoms with E-state index in [-0.39, 0.29) is 5.54 Å². The number of nitrogens with zero attached hydrogens (tertiary/aromatic N) is 2. The molecular formula is C11H20N2. The van der Waals surface area contributed by atoms with Gasteiger partial charge >= 0.3 is 0 Å². The molecule has 1 rings (SSSR count). The number of hydrogen-bond acceptors (Lipinski definition) is 1. The summed E-state index contributed by atoms with van der Waals surface area (Å²) >= 11 is 0. The molecule has 13 heavy (non-hydrogen) atoms. The molecule has 0 amide bonds. The van der Waals surface area contributed by atoms with Crippen LogP contribution in [0.25, 0.3) is 4.85 Å². The maximum absolute atomic E-state index is 6.93. The normalized spacial score (nSPS) is 25.5. The molecule has 0 aromatic carbocycles. The minimum atomic E-state index is 0.232. The van der Waals surface area contributed by atoms with Gasteiger partial charge in [0.1, 0.15) is 0 Å². The topological polar surface area (TPSA) is 7.60 Å². The SMILES string of the molecule is [C-]#[N+]CC1CCCCN1C(C)(C)C. The molecule has 0 aliphatic carbocycles. The predicted molar refractivity (Wildman–Crippen MR) is 55.6 cm³/mol. The molecule has 74 valence electrons. The third-order valence-electron chi connectivity index (χ3n) is 2.79. The Balaban J connectivity index is 2.63. The maximum Gasteiger partial charge on any atom is 0.230 e. The monoisotopic (exact) mass is 180 g/mol.